The molecule has 1 atom stereocenters. The van der Waals surface area contributed by atoms with Crippen LogP contribution >= 0.6 is 23.2 Å². The Bertz CT molecular complexity index is 1110. The molecule has 0 N–H and O–H groups in total. The summed E-state index contributed by atoms with van der Waals surface area (Å²) in [6.07, 6.45) is 0.632. The Hall–Kier alpha value is -2.76. The number of hydrogen-bond donors (Lipinski definition) is 0. The van der Waals surface area contributed by atoms with E-state index in [4.69, 9.17) is 32.7 Å². The van der Waals surface area contributed by atoms with Crippen molar-refractivity contribution in [2.75, 3.05) is 20.8 Å². The number of hydrogen-bond acceptors (Lipinski definition) is 3. The van der Waals surface area contributed by atoms with Gasteiger partial charge in [0.2, 0.25) is 0 Å². The lowest BCUT2D eigenvalue weighted by atomic mass is 9.87. The monoisotopic (exact) mass is 459 g/mol. The van der Waals surface area contributed by atoms with E-state index >= 15 is 0 Å². The zero-order chi connectivity index (χ0) is 22.1. The SMILES string of the molecule is COc1cc2c(cc1OC)C(c1ccc(F)cc1)N(C(=O)c1cc(Cl)cc(Cl)c1)CC2. The van der Waals surface area contributed by atoms with Gasteiger partial charge in [0, 0.05) is 22.2 Å². The van der Waals surface area contributed by atoms with E-state index in [0.29, 0.717) is 40.1 Å². The molecule has 3 aromatic carbocycles. The molecule has 4 nitrogen and oxygen atoms in total. The zero-order valence-electron chi connectivity index (χ0n) is 17.0. The number of amides is 1. The molecule has 0 saturated heterocycles. The molecule has 4 rings (SSSR count). The summed E-state index contributed by atoms with van der Waals surface area (Å²) in [6, 6.07) is 14.3. The Morgan fingerprint density at radius 1 is 0.968 bits per heavy atom. The number of carbonyl (C=O) groups is 1. The fourth-order valence-corrected chi connectivity index (χ4v) is 4.54. The number of fused-ring (bicyclic) bond motifs is 1. The molecular formula is C24H20Cl2FNO3. The van der Waals surface area contributed by atoms with Gasteiger partial charge in [-0.3, -0.25) is 4.79 Å². The standard InChI is InChI=1S/C24H20Cl2FNO3/c1-30-21-11-15-7-8-28(24(29)16-9-17(25)12-18(26)10-16)23(20(15)13-22(21)31-2)14-3-5-19(27)6-4-14/h3-6,9-13,23H,7-8H2,1-2H3. The summed E-state index contributed by atoms with van der Waals surface area (Å²) in [4.78, 5) is 15.3. The molecule has 0 saturated carbocycles. The van der Waals surface area contributed by atoms with Gasteiger partial charge in [0.05, 0.1) is 20.3 Å². The lowest BCUT2D eigenvalue weighted by Crippen LogP contribution is -2.40. The number of nitrogens with zero attached hydrogens (tertiary/aromatic N) is 1. The lowest BCUT2D eigenvalue weighted by molar-refractivity contribution is 0.0694. The van der Waals surface area contributed by atoms with Crippen LogP contribution in [0.1, 0.15) is 33.1 Å². The third-order valence-corrected chi connectivity index (χ3v) is 5.87. The van der Waals surface area contributed by atoms with Crippen LogP contribution in [-0.2, 0) is 6.42 Å². The van der Waals surface area contributed by atoms with Gasteiger partial charge >= 0.3 is 0 Å². The topological polar surface area (TPSA) is 38.8 Å². The lowest BCUT2D eigenvalue weighted by Gasteiger charge is -2.38. The largest absolute Gasteiger partial charge is 0.493 e. The van der Waals surface area contributed by atoms with Crippen LogP contribution in [0.3, 0.4) is 0 Å². The summed E-state index contributed by atoms with van der Waals surface area (Å²) < 4.78 is 24.6. The summed E-state index contributed by atoms with van der Waals surface area (Å²) in [6.45, 7) is 0.466. The van der Waals surface area contributed by atoms with Crippen LogP contribution in [0.2, 0.25) is 10.0 Å². The average Bonchev–Trinajstić information content (AvgIpc) is 2.76. The van der Waals surface area contributed by atoms with Crippen molar-refractivity contribution in [1.82, 2.24) is 4.90 Å². The van der Waals surface area contributed by atoms with Crippen molar-refractivity contribution in [3.05, 3.63) is 92.7 Å². The number of carbonyl (C=O) groups excluding carboxylic acids is 1. The molecule has 0 bridgehead atoms. The van der Waals surface area contributed by atoms with Gasteiger partial charge < -0.3 is 14.4 Å². The van der Waals surface area contributed by atoms with Crippen LogP contribution in [0.25, 0.3) is 0 Å². The summed E-state index contributed by atoms with van der Waals surface area (Å²) in [7, 11) is 3.15. The number of methoxy groups -OCH3 is 2. The highest BCUT2D eigenvalue weighted by molar-refractivity contribution is 6.35. The van der Waals surface area contributed by atoms with E-state index in [-0.39, 0.29) is 11.7 Å². The summed E-state index contributed by atoms with van der Waals surface area (Å²) in [5.74, 6) is 0.639. The Labute approximate surface area is 190 Å². The first kappa shape index (κ1) is 21.5. The van der Waals surface area contributed by atoms with Gasteiger partial charge in [0.25, 0.3) is 5.91 Å². The molecule has 160 valence electrons. The fourth-order valence-electron chi connectivity index (χ4n) is 4.01. The first-order valence-corrected chi connectivity index (χ1v) is 10.4. The molecule has 3 aromatic rings. The van der Waals surface area contributed by atoms with Crippen LogP contribution in [0.15, 0.2) is 54.6 Å². The van der Waals surface area contributed by atoms with E-state index in [9.17, 15) is 9.18 Å². The van der Waals surface area contributed by atoms with E-state index in [1.165, 1.54) is 12.1 Å². The zero-order valence-corrected chi connectivity index (χ0v) is 18.5. The van der Waals surface area contributed by atoms with Crippen LogP contribution in [0, 0.1) is 5.82 Å². The van der Waals surface area contributed by atoms with Crippen LogP contribution < -0.4 is 9.47 Å². The molecule has 1 unspecified atom stereocenters. The highest BCUT2D eigenvalue weighted by atomic mass is 35.5. The second kappa shape index (κ2) is 8.77. The molecule has 1 heterocycles. The van der Waals surface area contributed by atoms with Crippen molar-refractivity contribution < 1.29 is 18.7 Å². The molecule has 0 spiro atoms. The van der Waals surface area contributed by atoms with Crippen LogP contribution in [0.4, 0.5) is 4.39 Å². The van der Waals surface area contributed by atoms with E-state index in [0.717, 1.165) is 16.7 Å². The van der Waals surface area contributed by atoms with Crippen LogP contribution in [0.5, 0.6) is 11.5 Å². The van der Waals surface area contributed by atoms with E-state index < -0.39 is 6.04 Å². The molecule has 1 amide bonds. The minimum atomic E-state index is -0.436. The Morgan fingerprint density at radius 3 is 2.19 bits per heavy atom. The summed E-state index contributed by atoms with van der Waals surface area (Å²) in [5, 5.41) is 0.774. The summed E-state index contributed by atoms with van der Waals surface area (Å²) >= 11 is 12.3. The number of ether oxygens (including phenoxy) is 2. The highest BCUT2D eigenvalue weighted by Crippen LogP contribution is 2.41. The molecule has 0 aliphatic carbocycles. The van der Waals surface area contributed by atoms with Crippen molar-refractivity contribution in [3.63, 3.8) is 0 Å². The Balaban J connectivity index is 1.86. The third kappa shape index (κ3) is 4.21. The first-order valence-electron chi connectivity index (χ1n) is 9.68. The third-order valence-electron chi connectivity index (χ3n) is 5.43. The number of halogens is 3. The predicted molar refractivity (Wildman–Crippen MR) is 119 cm³/mol. The highest BCUT2D eigenvalue weighted by Gasteiger charge is 2.34. The molecule has 0 aromatic heterocycles. The first-order chi connectivity index (χ1) is 14.9. The second-order valence-corrected chi connectivity index (χ2v) is 8.14. The number of benzene rings is 3. The van der Waals surface area contributed by atoms with Gasteiger partial charge in [0.1, 0.15) is 5.82 Å². The van der Waals surface area contributed by atoms with Crippen molar-refractivity contribution in [3.8, 4) is 11.5 Å². The maximum Gasteiger partial charge on any atom is 0.254 e. The fraction of sp³-hybridized carbons (Fsp3) is 0.208. The van der Waals surface area contributed by atoms with Gasteiger partial charge in [-0.15, -0.1) is 0 Å². The van der Waals surface area contributed by atoms with Gasteiger partial charge in [-0.2, -0.15) is 0 Å². The molecule has 0 radical (unpaired) electrons. The quantitative estimate of drug-likeness (QED) is 0.484. The van der Waals surface area contributed by atoms with E-state index in [2.05, 4.69) is 0 Å². The maximum absolute atomic E-state index is 13.6. The van der Waals surface area contributed by atoms with Gasteiger partial charge in [0.15, 0.2) is 11.5 Å². The van der Waals surface area contributed by atoms with Crippen molar-refractivity contribution in [2.45, 2.75) is 12.5 Å². The van der Waals surface area contributed by atoms with Crippen molar-refractivity contribution in [1.29, 1.82) is 0 Å². The number of rotatable bonds is 4. The van der Waals surface area contributed by atoms with Crippen LogP contribution in [-0.4, -0.2) is 31.6 Å². The Kier molecular flexibility index (Phi) is 6.08. The molecule has 1 aliphatic heterocycles. The second-order valence-electron chi connectivity index (χ2n) is 7.27. The minimum absolute atomic E-state index is 0.209. The normalized spacial score (nSPS) is 15.4. The molecule has 0 fully saturated rings. The van der Waals surface area contributed by atoms with Gasteiger partial charge in [-0.25, -0.2) is 4.39 Å². The summed E-state index contributed by atoms with van der Waals surface area (Å²) in [5.41, 5.74) is 3.13. The molecule has 1 aliphatic rings. The maximum atomic E-state index is 13.6. The Morgan fingerprint density at radius 2 is 1.58 bits per heavy atom. The van der Waals surface area contributed by atoms with E-state index in [1.807, 2.05) is 12.1 Å². The minimum Gasteiger partial charge on any atom is -0.493 e. The molecule has 31 heavy (non-hydrogen) atoms. The molecule has 7 heteroatoms. The predicted octanol–water partition coefficient (Wildman–Crippen LogP) is 5.94. The average molecular weight is 460 g/mol. The smallest absolute Gasteiger partial charge is 0.254 e. The van der Waals surface area contributed by atoms with Crippen molar-refractivity contribution in [2.24, 2.45) is 0 Å². The van der Waals surface area contributed by atoms with Crippen molar-refractivity contribution >= 4 is 29.1 Å². The van der Waals surface area contributed by atoms with Gasteiger partial charge in [-0.05, 0) is 65.6 Å². The van der Waals surface area contributed by atoms with Gasteiger partial charge in [-0.1, -0.05) is 35.3 Å². The molecular weight excluding hydrogens is 440 g/mol. The van der Waals surface area contributed by atoms with E-state index in [1.54, 1.807) is 49.5 Å².